The van der Waals surface area contributed by atoms with Gasteiger partial charge in [-0.1, -0.05) is 12.8 Å². The van der Waals surface area contributed by atoms with Crippen molar-refractivity contribution in [2.75, 3.05) is 31.1 Å². The Balaban J connectivity index is 1.73. The average molecular weight is 288 g/mol. The molecular formula is C16H24N4O. The lowest BCUT2D eigenvalue weighted by Crippen LogP contribution is -2.34. The number of aromatic nitrogens is 2. The molecule has 0 unspecified atom stereocenters. The van der Waals surface area contributed by atoms with Crippen LogP contribution in [0, 0.1) is 0 Å². The van der Waals surface area contributed by atoms with Crippen molar-refractivity contribution in [3.63, 3.8) is 0 Å². The summed E-state index contributed by atoms with van der Waals surface area (Å²) in [6.07, 6.45) is 10.1. The Morgan fingerprint density at radius 3 is 2.24 bits per heavy atom. The quantitative estimate of drug-likeness (QED) is 0.839. The van der Waals surface area contributed by atoms with E-state index in [0.717, 1.165) is 45.0 Å². The zero-order chi connectivity index (χ0) is 14.5. The van der Waals surface area contributed by atoms with Crippen LogP contribution in [0.2, 0.25) is 0 Å². The predicted molar refractivity (Wildman–Crippen MR) is 82.5 cm³/mol. The van der Waals surface area contributed by atoms with Gasteiger partial charge in [-0.05, 0) is 38.2 Å². The topological polar surface area (TPSA) is 49.3 Å². The fourth-order valence-corrected chi connectivity index (χ4v) is 3.15. The van der Waals surface area contributed by atoms with E-state index in [2.05, 4.69) is 14.9 Å². The second-order valence-electron chi connectivity index (χ2n) is 6.00. The van der Waals surface area contributed by atoms with Crippen LogP contribution in [0.15, 0.2) is 12.3 Å². The molecule has 0 bridgehead atoms. The second kappa shape index (κ2) is 6.87. The number of amides is 1. The molecule has 1 aromatic heterocycles. The Morgan fingerprint density at radius 1 is 0.905 bits per heavy atom. The highest BCUT2D eigenvalue weighted by molar-refractivity contribution is 5.92. The van der Waals surface area contributed by atoms with Crippen LogP contribution in [0.1, 0.15) is 55.4 Å². The zero-order valence-corrected chi connectivity index (χ0v) is 12.6. The van der Waals surface area contributed by atoms with Gasteiger partial charge in [-0.2, -0.15) is 0 Å². The molecule has 3 heterocycles. The van der Waals surface area contributed by atoms with E-state index in [-0.39, 0.29) is 5.91 Å². The largest absolute Gasteiger partial charge is 0.341 e. The second-order valence-corrected chi connectivity index (χ2v) is 6.00. The molecule has 5 nitrogen and oxygen atoms in total. The van der Waals surface area contributed by atoms with Crippen molar-refractivity contribution < 1.29 is 4.79 Å². The van der Waals surface area contributed by atoms with Crippen molar-refractivity contribution in [2.45, 2.75) is 44.9 Å². The standard InChI is InChI=1S/C16H24N4O/c21-15(19-10-4-1-2-5-11-19)14-8-9-17-16(18-14)20-12-6-3-7-13-20/h8-9H,1-7,10-13H2. The first-order valence-corrected chi connectivity index (χ1v) is 8.22. The first kappa shape index (κ1) is 14.3. The van der Waals surface area contributed by atoms with E-state index in [1.807, 2.05) is 4.90 Å². The van der Waals surface area contributed by atoms with Gasteiger partial charge in [0.2, 0.25) is 5.95 Å². The van der Waals surface area contributed by atoms with Gasteiger partial charge >= 0.3 is 0 Å². The molecule has 2 aliphatic rings. The molecule has 21 heavy (non-hydrogen) atoms. The molecule has 1 amide bonds. The van der Waals surface area contributed by atoms with Crippen LogP contribution < -0.4 is 4.90 Å². The molecule has 1 aromatic rings. The number of nitrogens with zero attached hydrogens (tertiary/aromatic N) is 4. The summed E-state index contributed by atoms with van der Waals surface area (Å²) in [5, 5.41) is 0. The zero-order valence-electron chi connectivity index (χ0n) is 12.6. The van der Waals surface area contributed by atoms with Gasteiger partial charge in [-0.3, -0.25) is 4.79 Å². The van der Waals surface area contributed by atoms with E-state index in [9.17, 15) is 4.79 Å². The third-order valence-electron chi connectivity index (χ3n) is 4.39. The fourth-order valence-electron chi connectivity index (χ4n) is 3.15. The maximum absolute atomic E-state index is 12.6. The lowest BCUT2D eigenvalue weighted by Gasteiger charge is -2.27. The number of rotatable bonds is 2. The summed E-state index contributed by atoms with van der Waals surface area (Å²) >= 11 is 0. The maximum atomic E-state index is 12.6. The van der Waals surface area contributed by atoms with Gasteiger partial charge in [0.15, 0.2) is 0 Å². The molecule has 2 saturated heterocycles. The predicted octanol–water partition coefficient (Wildman–Crippen LogP) is 2.48. The summed E-state index contributed by atoms with van der Waals surface area (Å²) in [5.41, 5.74) is 0.549. The van der Waals surface area contributed by atoms with Crippen LogP contribution in [0.3, 0.4) is 0 Å². The van der Waals surface area contributed by atoms with E-state index in [0.29, 0.717) is 5.69 Å². The van der Waals surface area contributed by atoms with Crippen molar-refractivity contribution >= 4 is 11.9 Å². The molecule has 0 aromatic carbocycles. The van der Waals surface area contributed by atoms with Crippen molar-refractivity contribution in [2.24, 2.45) is 0 Å². The Morgan fingerprint density at radius 2 is 1.52 bits per heavy atom. The number of carbonyl (C=O) groups excluding carboxylic acids is 1. The average Bonchev–Trinajstić information content (AvgIpc) is 2.84. The van der Waals surface area contributed by atoms with Crippen LogP contribution in [-0.4, -0.2) is 47.0 Å². The van der Waals surface area contributed by atoms with E-state index in [1.165, 1.54) is 32.1 Å². The van der Waals surface area contributed by atoms with Crippen LogP contribution >= 0.6 is 0 Å². The maximum Gasteiger partial charge on any atom is 0.272 e. The molecule has 2 fully saturated rings. The van der Waals surface area contributed by atoms with Crippen LogP contribution in [-0.2, 0) is 0 Å². The number of anilines is 1. The van der Waals surface area contributed by atoms with Gasteiger partial charge in [-0.15, -0.1) is 0 Å². The Kier molecular flexibility index (Phi) is 4.68. The van der Waals surface area contributed by atoms with Crippen molar-refractivity contribution in [1.29, 1.82) is 0 Å². The number of hydrogen-bond acceptors (Lipinski definition) is 4. The van der Waals surface area contributed by atoms with E-state index in [1.54, 1.807) is 12.3 Å². The van der Waals surface area contributed by atoms with Crippen molar-refractivity contribution in [3.8, 4) is 0 Å². The third kappa shape index (κ3) is 3.52. The molecule has 114 valence electrons. The van der Waals surface area contributed by atoms with E-state index >= 15 is 0 Å². The monoisotopic (exact) mass is 288 g/mol. The van der Waals surface area contributed by atoms with E-state index < -0.39 is 0 Å². The molecule has 0 saturated carbocycles. The van der Waals surface area contributed by atoms with Crippen LogP contribution in [0.25, 0.3) is 0 Å². The summed E-state index contributed by atoms with van der Waals surface area (Å²) in [6.45, 7) is 3.73. The third-order valence-corrected chi connectivity index (χ3v) is 4.39. The first-order chi connectivity index (χ1) is 10.3. The van der Waals surface area contributed by atoms with Gasteiger partial charge in [0.25, 0.3) is 5.91 Å². The molecule has 0 N–H and O–H groups in total. The molecule has 0 spiro atoms. The highest BCUT2D eigenvalue weighted by Gasteiger charge is 2.20. The van der Waals surface area contributed by atoms with Crippen molar-refractivity contribution in [3.05, 3.63) is 18.0 Å². The number of hydrogen-bond donors (Lipinski definition) is 0. The lowest BCUT2D eigenvalue weighted by atomic mass is 10.1. The minimum atomic E-state index is 0.0672. The van der Waals surface area contributed by atoms with Gasteiger partial charge in [0.05, 0.1) is 0 Å². The summed E-state index contributed by atoms with van der Waals surface area (Å²) in [7, 11) is 0. The van der Waals surface area contributed by atoms with Gasteiger partial charge in [-0.25, -0.2) is 9.97 Å². The summed E-state index contributed by atoms with van der Waals surface area (Å²) in [6, 6.07) is 1.75. The van der Waals surface area contributed by atoms with Crippen molar-refractivity contribution in [1.82, 2.24) is 14.9 Å². The molecule has 0 atom stereocenters. The summed E-state index contributed by atoms with van der Waals surface area (Å²) < 4.78 is 0. The van der Waals surface area contributed by atoms with Gasteiger partial charge in [0.1, 0.15) is 5.69 Å². The fraction of sp³-hybridized carbons (Fsp3) is 0.688. The minimum absolute atomic E-state index is 0.0672. The highest BCUT2D eigenvalue weighted by Crippen LogP contribution is 2.17. The SMILES string of the molecule is O=C(c1ccnc(N2CCCCC2)n1)N1CCCCCC1. The van der Waals surface area contributed by atoms with Gasteiger partial charge < -0.3 is 9.80 Å². The molecule has 0 aliphatic carbocycles. The van der Waals surface area contributed by atoms with Crippen LogP contribution in [0.4, 0.5) is 5.95 Å². The lowest BCUT2D eigenvalue weighted by molar-refractivity contribution is 0.0755. The normalized spacial score (nSPS) is 20.2. The van der Waals surface area contributed by atoms with Crippen LogP contribution in [0.5, 0.6) is 0 Å². The molecule has 2 aliphatic heterocycles. The number of piperidine rings is 1. The Hall–Kier alpha value is -1.65. The number of likely N-dealkylation sites (tertiary alicyclic amines) is 1. The summed E-state index contributed by atoms with van der Waals surface area (Å²) in [4.78, 5) is 25.6. The summed E-state index contributed by atoms with van der Waals surface area (Å²) in [5.74, 6) is 0.785. The number of carbonyl (C=O) groups is 1. The molecule has 3 rings (SSSR count). The first-order valence-electron chi connectivity index (χ1n) is 8.22. The Labute approximate surface area is 126 Å². The van der Waals surface area contributed by atoms with Gasteiger partial charge in [0, 0.05) is 32.4 Å². The smallest absolute Gasteiger partial charge is 0.272 e. The van der Waals surface area contributed by atoms with E-state index in [4.69, 9.17) is 0 Å². The highest BCUT2D eigenvalue weighted by atomic mass is 16.2. The minimum Gasteiger partial charge on any atom is -0.341 e. The Bertz CT molecular complexity index is 477. The molecule has 0 radical (unpaired) electrons. The molecule has 5 heteroatoms. The molecular weight excluding hydrogens is 264 g/mol.